The van der Waals surface area contributed by atoms with Crippen LogP contribution in [0.4, 0.5) is 11.6 Å². The minimum atomic E-state index is -0.968. The molecule has 3 atom stereocenters. The molecule has 5 aliphatic heterocycles. The number of aromatic amines is 1. The summed E-state index contributed by atoms with van der Waals surface area (Å²) in [6.07, 6.45) is 6.34. The first kappa shape index (κ1) is 37.6. The van der Waals surface area contributed by atoms with Gasteiger partial charge in [0, 0.05) is 93.2 Å². The molecule has 5 aliphatic rings. The van der Waals surface area contributed by atoms with Crippen molar-refractivity contribution in [2.75, 3.05) is 75.7 Å². The number of aromatic nitrogens is 3. The summed E-state index contributed by atoms with van der Waals surface area (Å²) < 4.78 is 0. The van der Waals surface area contributed by atoms with Crippen molar-refractivity contribution in [2.45, 2.75) is 50.4 Å². The third kappa shape index (κ3) is 7.62. The topological polar surface area (TPSA) is 170 Å². The maximum Gasteiger partial charge on any atom is 0.262 e. The standard InChI is InChI=1S/C41H47ClN10O5/c42-32-21-44-41(47-37(32)31-20-43-33-4-2-1-3-28(31)33)45-26-11-14-51(23-26)36(54)24-48-12-9-25(10-13-48)22-49-15-17-50(18-16-49)27-5-6-29-30(19-27)40(57)52(39(29)56)34-7-8-35(53)46-38(34)55/h1-6,19-21,25-26,34,36,43,54H,7-18,22-24H2,(H,44,45,47)(H,46,53,55)/t26-,34?,36?/m1/s1. The van der Waals surface area contributed by atoms with Crippen LogP contribution < -0.4 is 15.5 Å². The van der Waals surface area contributed by atoms with Crippen LogP contribution in [-0.4, -0.2) is 147 Å². The molecule has 4 amide bonds. The number of H-pyrrole nitrogens is 1. The van der Waals surface area contributed by atoms with Crippen LogP contribution in [0.5, 0.6) is 0 Å². The lowest BCUT2D eigenvalue weighted by atomic mass is 9.95. The van der Waals surface area contributed by atoms with Gasteiger partial charge in [0.05, 0.1) is 28.0 Å². The molecule has 9 rings (SSSR count). The van der Waals surface area contributed by atoms with E-state index in [-0.39, 0.29) is 24.8 Å². The molecule has 0 aliphatic carbocycles. The maximum atomic E-state index is 13.3. The number of likely N-dealkylation sites (tertiary alicyclic amines) is 2. The first-order valence-corrected chi connectivity index (χ1v) is 20.4. The van der Waals surface area contributed by atoms with E-state index in [1.807, 2.05) is 36.5 Å². The van der Waals surface area contributed by atoms with E-state index in [4.69, 9.17) is 16.6 Å². The van der Waals surface area contributed by atoms with Crippen molar-refractivity contribution >= 4 is 57.8 Å². The van der Waals surface area contributed by atoms with Gasteiger partial charge in [0.25, 0.3) is 11.8 Å². The second kappa shape index (κ2) is 15.8. The summed E-state index contributed by atoms with van der Waals surface area (Å²) >= 11 is 6.55. The zero-order valence-corrected chi connectivity index (χ0v) is 32.5. The Morgan fingerprint density at radius 2 is 1.67 bits per heavy atom. The Labute approximate surface area is 335 Å². The maximum absolute atomic E-state index is 13.3. The molecule has 4 aromatic rings. The molecule has 4 saturated heterocycles. The van der Waals surface area contributed by atoms with Crippen LogP contribution in [0.1, 0.15) is 52.8 Å². The van der Waals surface area contributed by atoms with Crippen molar-refractivity contribution < 1.29 is 24.3 Å². The van der Waals surface area contributed by atoms with E-state index in [2.05, 4.69) is 40.2 Å². The fourth-order valence-corrected chi connectivity index (χ4v) is 9.35. The quantitative estimate of drug-likeness (QED) is 0.174. The molecule has 298 valence electrons. The van der Waals surface area contributed by atoms with Crippen molar-refractivity contribution in [1.82, 2.24) is 39.9 Å². The number of aliphatic hydroxyl groups is 1. The molecule has 16 heteroatoms. The van der Waals surface area contributed by atoms with Crippen LogP contribution in [-0.2, 0) is 9.59 Å². The minimum absolute atomic E-state index is 0.0956. The lowest BCUT2D eigenvalue weighted by Crippen LogP contribution is -2.54. The first-order chi connectivity index (χ1) is 27.7. The SMILES string of the molecule is O=C1CCC(N2C(=O)c3ccc(N4CCN(CC5CCN(CC(O)N6CC[C@@H](Nc7ncc(Cl)c(-c8c[nH]c9ccccc89)n7)C6)CC5)CC4)cc3C2=O)C(=O)N1. The van der Waals surface area contributed by atoms with Gasteiger partial charge < -0.3 is 20.3 Å². The number of piperazine rings is 1. The number of carbonyl (C=O) groups is 4. The number of carbonyl (C=O) groups excluding carboxylic acids is 4. The van der Waals surface area contributed by atoms with E-state index < -0.39 is 30.0 Å². The fraction of sp³-hybridized carbons (Fsp3) is 0.463. The van der Waals surface area contributed by atoms with Gasteiger partial charge in [0.2, 0.25) is 17.8 Å². The van der Waals surface area contributed by atoms with Gasteiger partial charge >= 0.3 is 0 Å². The van der Waals surface area contributed by atoms with Crippen LogP contribution in [0.2, 0.25) is 5.02 Å². The van der Waals surface area contributed by atoms with Crippen LogP contribution in [0.15, 0.2) is 54.9 Å². The normalized spacial score (nSPS) is 23.4. The number of nitrogens with zero attached hydrogens (tertiary/aromatic N) is 7. The highest BCUT2D eigenvalue weighted by atomic mass is 35.5. The minimum Gasteiger partial charge on any atom is -0.377 e. The molecule has 57 heavy (non-hydrogen) atoms. The smallest absolute Gasteiger partial charge is 0.262 e. The number of rotatable bonds is 10. The number of aliphatic hydroxyl groups excluding tert-OH is 1. The number of fused-ring (bicyclic) bond motifs is 2. The summed E-state index contributed by atoms with van der Waals surface area (Å²) in [4.78, 5) is 73.3. The van der Waals surface area contributed by atoms with Crippen molar-refractivity contribution in [3.63, 3.8) is 0 Å². The molecule has 7 heterocycles. The molecular weight excluding hydrogens is 748 g/mol. The largest absolute Gasteiger partial charge is 0.377 e. The summed E-state index contributed by atoms with van der Waals surface area (Å²) in [6, 6.07) is 12.6. The highest BCUT2D eigenvalue weighted by Gasteiger charge is 2.45. The van der Waals surface area contributed by atoms with Gasteiger partial charge in [-0.15, -0.1) is 0 Å². The third-order valence-corrected chi connectivity index (χ3v) is 12.6. The molecule has 0 spiro atoms. The van der Waals surface area contributed by atoms with Gasteiger partial charge in [-0.3, -0.25) is 44.1 Å². The lowest BCUT2D eigenvalue weighted by Gasteiger charge is -2.40. The zero-order chi connectivity index (χ0) is 39.2. The monoisotopic (exact) mass is 794 g/mol. The summed E-state index contributed by atoms with van der Waals surface area (Å²) in [5.74, 6) is -0.830. The first-order valence-electron chi connectivity index (χ1n) is 20.0. The molecular formula is C41H47ClN10O5. The molecule has 15 nitrogen and oxygen atoms in total. The van der Waals surface area contributed by atoms with E-state index in [9.17, 15) is 24.3 Å². The van der Waals surface area contributed by atoms with E-state index in [0.717, 1.165) is 98.7 Å². The van der Waals surface area contributed by atoms with E-state index in [1.165, 1.54) is 0 Å². The number of piperidine rings is 2. The number of halogens is 1. The average molecular weight is 795 g/mol. The second-order valence-corrected chi connectivity index (χ2v) is 16.4. The predicted molar refractivity (Wildman–Crippen MR) is 215 cm³/mol. The van der Waals surface area contributed by atoms with Crippen LogP contribution in [0.3, 0.4) is 0 Å². The number of imide groups is 2. The number of benzene rings is 2. The Bertz CT molecular complexity index is 2200. The van der Waals surface area contributed by atoms with Crippen LogP contribution >= 0.6 is 11.6 Å². The van der Waals surface area contributed by atoms with Gasteiger partial charge in [-0.05, 0) is 69.0 Å². The lowest BCUT2D eigenvalue weighted by molar-refractivity contribution is -0.136. The Morgan fingerprint density at radius 3 is 2.47 bits per heavy atom. The molecule has 2 aromatic carbocycles. The van der Waals surface area contributed by atoms with E-state index in [0.29, 0.717) is 46.8 Å². The molecule has 4 N–H and O–H groups in total. The Morgan fingerprint density at radius 1 is 0.877 bits per heavy atom. The summed E-state index contributed by atoms with van der Waals surface area (Å²) in [6.45, 7) is 8.52. The highest BCUT2D eigenvalue weighted by molar-refractivity contribution is 6.33. The van der Waals surface area contributed by atoms with Gasteiger partial charge in [-0.25, -0.2) is 9.97 Å². The average Bonchev–Trinajstić information content (AvgIpc) is 3.93. The van der Waals surface area contributed by atoms with Crippen molar-refractivity contribution in [2.24, 2.45) is 5.92 Å². The number of hydrogen-bond donors (Lipinski definition) is 4. The molecule has 2 unspecified atom stereocenters. The van der Waals surface area contributed by atoms with Gasteiger partial charge in [0.15, 0.2) is 0 Å². The molecule has 0 radical (unpaired) electrons. The Kier molecular flexibility index (Phi) is 10.4. The zero-order valence-electron chi connectivity index (χ0n) is 31.7. The Hall–Kier alpha value is -4.93. The number of anilines is 2. The molecule has 4 fully saturated rings. The van der Waals surface area contributed by atoms with Crippen molar-refractivity contribution in [3.8, 4) is 11.3 Å². The number of para-hydroxylation sites is 1. The van der Waals surface area contributed by atoms with Gasteiger partial charge in [-0.1, -0.05) is 29.8 Å². The number of amides is 4. The predicted octanol–water partition coefficient (Wildman–Crippen LogP) is 3.02. The van der Waals surface area contributed by atoms with Gasteiger partial charge in [0.1, 0.15) is 12.3 Å². The van der Waals surface area contributed by atoms with E-state index in [1.54, 1.807) is 18.3 Å². The number of hydrogen-bond acceptors (Lipinski definition) is 12. The summed E-state index contributed by atoms with van der Waals surface area (Å²) in [7, 11) is 0. The molecule has 0 saturated carbocycles. The summed E-state index contributed by atoms with van der Waals surface area (Å²) in [5.41, 5.74) is 4.14. The van der Waals surface area contributed by atoms with Crippen molar-refractivity contribution in [1.29, 1.82) is 0 Å². The van der Waals surface area contributed by atoms with Crippen LogP contribution in [0, 0.1) is 5.92 Å². The third-order valence-electron chi connectivity index (χ3n) is 12.4. The van der Waals surface area contributed by atoms with Crippen molar-refractivity contribution in [3.05, 3.63) is 71.0 Å². The molecule has 0 bridgehead atoms. The summed E-state index contributed by atoms with van der Waals surface area (Å²) in [5, 5.41) is 18.5. The van der Waals surface area contributed by atoms with Crippen LogP contribution in [0.25, 0.3) is 22.2 Å². The Balaban J connectivity index is 0.710. The highest BCUT2D eigenvalue weighted by Crippen LogP contribution is 2.34. The second-order valence-electron chi connectivity index (χ2n) is 16.0. The number of nitrogens with one attached hydrogen (secondary N) is 3. The van der Waals surface area contributed by atoms with E-state index >= 15 is 0 Å². The van der Waals surface area contributed by atoms with Gasteiger partial charge in [-0.2, -0.15) is 0 Å². The number of β-amino-alcohol motifs (C(OH)–C–C–N with tert-alkyl or cyclic N) is 1. The molecule has 2 aromatic heterocycles. The fourth-order valence-electron chi connectivity index (χ4n) is 9.16.